The number of alkyl halides is 3. The monoisotopic (exact) mass is 407 g/mol. The molecule has 1 atom stereocenters. The largest absolute Gasteiger partial charge is 0.339 e. The van der Waals surface area contributed by atoms with Gasteiger partial charge in [0.15, 0.2) is 5.11 Å². The highest BCUT2D eigenvalue weighted by Crippen LogP contribution is 2.29. The summed E-state index contributed by atoms with van der Waals surface area (Å²) in [7, 11) is 0. The van der Waals surface area contributed by atoms with Gasteiger partial charge in [-0.3, -0.25) is 4.79 Å². The lowest BCUT2D eigenvalue weighted by Crippen LogP contribution is -2.55. The van der Waals surface area contributed by atoms with Gasteiger partial charge in [0, 0.05) is 11.9 Å². The van der Waals surface area contributed by atoms with E-state index in [1.165, 1.54) is 6.92 Å². The summed E-state index contributed by atoms with van der Waals surface area (Å²) in [5.41, 5.74) is 0.479. The molecule has 1 aromatic carbocycles. The molecule has 116 valence electrons. The van der Waals surface area contributed by atoms with Crippen molar-refractivity contribution in [1.82, 2.24) is 10.6 Å². The van der Waals surface area contributed by atoms with Crippen molar-refractivity contribution in [3.63, 3.8) is 0 Å². The second-order valence-corrected chi connectivity index (χ2v) is 7.52. The van der Waals surface area contributed by atoms with Gasteiger partial charge in [0.2, 0.25) is 9.70 Å². The summed E-state index contributed by atoms with van der Waals surface area (Å²) in [4.78, 5) is 11.1. The van der Waals surface area contributed by atoms with Gasteiger partial charge in [-0.15, -0.1) is 0 Å². The average molecular weight is 410 g/mol. The standard InChI is InChI=1S/C11H10Cl5N3OS/c1-5(20)17-9(11(14,15)16)19-10(21)18-8-4-6(12)2-3-7(8)13/h2-4,9H,1H3,(H,17,20)(H2,18,19,21)/t9-/m0/s1. The SMILES string of the molecule is CC(=O)N[C@@H](NC(=S)Nc1cc(Cl)ccc1Cl)C(Cl)(Cl)Cl. The Morgan fingerprint density at radius 2 is 1.86 bits per heavy atom. The molecule has 21 heavy (non-hydrogen) atoms. The minimum atomic E-state index is -1.80. The van der Waals surface area contributed by atoms with Crippen LogP contribution in [0.3, 0.4) is 0 Å². The molecule has 0 aliphatic carbocycles. The predicted octanol–water partition coefficient (Wildman–Crippen LogP) is 4.11. The third kappa shape index (κ3) is 6.63. The van der Waals surface area contributed by atoms with E-state index in [-0.39, 0.29) is 11.0 Å². The molecule has 0 saturated heterocycles. The first-order valence-corrected chi connectivity index (χ1v) is 7.76. The molecule has 0 heterocycles. The molecule has 0 bridgehead atoms. The molecule has 1 rings (SSSR count). The number of thiocarbonyl (C=S) groups is 1. The molecule has 3 N–H and O–H groups in total. The van der Waals surface area contributed by atoms with Gasteiger partial charge < -0.3 is 16.0 Å². The molecule has 0 radical (unpaired) electrons. The highest BCUT2D eigenvalue weighted by molar-refractivity contribution is 7.80. The van der Waals surface area contributed by atoms with Crippen LogP contribution in [0.5, 0.6) is 0 Å². The molecular weight excluding hydrogens is 399 g/mol. The van der Waals surface area contributed by atoms with Gasteiger partial charge in [0.25, 0.3) is 0 Å². The topological polar surface area (TPSA) is 53.2 Å². The lowest BCUT2D eigenvalue weighted by atomic mass is 10.3. The van der Waals surface area contributed by atoms with Crippen LogP contribution in [-0.4, -0.2) is 21.0 Å². The van der Waals surface area contributed by atoms with E-state index in [1.54, 1.807) is 18.2 Å². The van der Waals surface area contributed by atoms with Crippen LogP contribution < -0.4 is 16.0 Å². The molecule has 1 aromatic rings. The summed E-state index contributed by atoms with van der Waals surface area (Å²) in [6.45, 7) is 1.29. The Labute approximate surface area is 152 Å². The fourth-order valence-electron chi connectivity index (χ4n) is 1.29. The van der Waals surface area contributed by atoms with E-state index in [0.717, 1.165) is 0 Å². The number of rotatable bonds is 3. The summed E-state index contributed by atoms with van der Waals surface area (Å²) < 4.78 is -1.80. The van der Waals surface area contributed by atoms with Crippen LogP contribution in [-0.2, 0) is 4.79 Å². The fraction of sp³-hybridized carbons (Fsp3) is 0.273. The summed E-state index contributed by atoms with van der Waals surface area (Å²) in [5.74, 6) is -0.387. The van der Waals surface area contributed by atoms with Crippen LogP contribution in [0.4, 0.5) is 5.69 Å². The first-order valence-electron chi connectivity index (χ1n) is 5.46. The average Bonchev–Trinajstić information content (AvgIpc) is 2.31. The van der Waals surface area contributed by atoms with Gasteiger partial charge >= 0.3 is 0 Å². The molecule has 0 spiro atoms. The lowest BCUT2D eigenvalue weighted by Gasteiger charge is -2.27. The van der Waals surface area contributed by atoms with Crippen molar-refractivity contribution in [2.75, 3.05) is 5.32 Å². The van der Waals surface area contributed by atoms with Crippen molar-refractivity contribution in [3.05, 3.63) is 28.2 Å². The maximum atomic E-state index is 11.1. The van der Waals surface area contributed by atoms with E-state index >= 15 is 0 Å². The van der Waals surface area contributed by atoms with Crippen LogP contribution in [0.15, 0.2) is 18.2 Å². The normalized spacial score (nSPS) is 12.5. The zero-order valence-corrected chi connectivity index (χ0v) is 15.1. The fourth-order valence-corrected chi connectivity index (χ4v) is 2.18. The van der Waals surface area contributed by atoms with Crippen LogP contribution in [0.2, 0.25) is 10.0 Å². The van der Waals surface area contributed by atoms with Crippen molar-refractivity contribution in [3.8, 4) is 0 Å². The first kappa shape index (κ1) is 18.9. The Balaban J connectivity index is 2.78. The summed E-state index contributed by atoms with van der Waals surface area (Å²) in [6.07, 6.45) is -1.02. The van der Waals surface area contributed by atoms with Gasteiger partial charge in [-0.2, -0.15) is 0 Å². The predicted molar refractivity (Wildman–Crippen MR) is 93.7 cm³/mol. The van der Waals surface area contributed by atoms with E-state index in [1.807, 2.05) is 0 Å². The molecule has 0 unspecified atom stereocenters. The second-order valence-electron chi connectivity index (χ2n) is 3.90. The first-order chi connectivity index (χ1) is 9.59. The molecule has 0 saturated carbocycles. The zero-order chi connectivity index (χ0) is 16.2. The Bertz CT molecular complexity index is 549. The Hall–Kier alpha value is -0.170. The second kappa shape index (κ2) is 7.90. The summed E-state index contributed by atoms with van der Waals surface area (Å²) >= 11 is 34.2. The number of anilines is 1. The van der Waals surface area contributed by atoms with E-state index in [9.17, 15) is 4.79 Å². The highest BCUT2D eigenvalue weighted by Gasteiger charge is 2.34. The Morgan fingerprint density at radius 1 is 1.24 bits per heavy atom. The minimum Gasteiger partial charge on any atom is -0.339 e. The van der Waals surface area contributed by atoms with Crippen molar-refractivity contribution in [2.45, 2.75) is 16.9 Å². The number of amides is 1. The quantitative estimate of drug-likeness (QED) is 0.400. The molecule has 0 aliphatic rings. The molecular formula is C11H10Cl5N3OS. The van der Waals surface area contributed by atoms with Gasteiger partial charge in [0.1, 0.15) is 6.17 Å². The molecule has 1 amide bonds. The van der Waals surface area contributed by atoms with Gasteiger partial charge in [-0.1, -0.05) is 58.0 Å². The third-order valence-corrected chi connectivity index (χ3v) is 3.57. The summed E-state index contributed by atoms with van der Waals surface area (Å²) in [6, 6.07) is 4.82. The number of benzene rings is 1. The van der Waals surface area contributed by atoms with E-state index in [0.29, 0.717) is 15.7 Å². The Kier molecular flexibility index (Phi) is 7.10. The molecule has 0 fully saturated rings. The number of nitrogens with one attached hydrogen (secondary N) is 3. The summed E-state index contributed by atoms with van der Waals surface area (Å²) in [5, 5.41) is 8.90. The van der Waals surface area contributed by atoms with E-state index in [2.05, 4.69) is 16.0 Å². The molecule has 4 nitrogen and oxygen atoms in total. The molecule has 0 aliphatic heterocycles. The number of hydrogen-bond acceptors (Lipinski definition) is 2. The van der Waals surface area contributed by atoms with Crippen LogP contribution in [0, 0.1) is 0 Å². The zero-order valence-electron chi connectivity index (χ0n) is 10.5. The van der Waals surface area contributed by atoms with Crippen molar-refractivity contribution in [2.24, 2.45) is 0 Å². The van der Waals surface area contributed by atoms with Gasteiger partial charge in [0.05, 0.1) is 10.7 Å². The van der Waals surface area contributed by atoms with Gasteiger partial charge in [-0.05, 0) is 30.4 Å². The van der Waals surface area contributed by atoms with Crippen molar-refractivity contribution >= 4 is 86.9 Å². The number of carbonyl (C=O) groups excluding carboxylic acids is 1. The molecule has 10 heteroatoms. The lowest BCUT2D eigenvalue weighted by molar-refractivity contribution is -0.119. The maximum Gasteiger partial charge on any atom is 0.228 e. The van der Waals surface area contributed by atoms with Crippen molar-refractivity contribution in [1.29, 1.82) is 0 Å². The van der Waals surface area contributed by atoms with Crippen LogP contribution in [0.1, 0.15) is 6.92 Å². The highest BCUT2D eigenvalue weighted by atomic mass is 35.6. The molecule has 0 aromatic heterocycles. The van der Waals surface area contributed by atoms with Gasteiger partial charge in [-0.25, -0.2) is 0 Å². The smallest absolute Gasteiger partial charge is 0.228 e. The van der Waals surface area contributed by atoms with Crippen LogP contribution >= 0.6 is 70.2 Å². The van der Waals surface area contributed by atoms with E-state index < -0.39 is 9.96 Å². The minimum absolute atomic E-state index is 0.101. The van der Waals surface area contributed by atoms with E-state index in [4.69, 9.17) is 70.2 Å². The number of hydrogen-bond donors (Lipinski definition) is 3. The number of carbonyl (C=O) groups is 1. The maximum absolute atomic E-state index is 11.1. The number of halogens is 5. The van der Waals surface area contributed by atoms with Crippen LogP contribution in [0.25, 0.3) is 0 Å². The Morgan fingerprint density at radius 3 is 2.38 bits per heavy atom. The van der Waals surface area contributed by atoms with Crippen molar-refractivity contribution < 1.29 is 4.79 Å². The third-order valence-electron chi connectivity index (χ3n) is 2.13.